The van der Waals surface area contributed by atoms with E-state index >= 15 is 0 Å². The van der Waals surface area contributed by atoms with E-state index in [1.54, 1.807) is 11.3 Å². The molecule has 0 saturated carbocycles. The Kier molecular flexibility index (Phi) is 3.82. The topological polar surface area (TPSA) is 50.9 Å². The van der Waals surface area contributed by atoms with E-state index in [9.17, 15) is 5.11 Å². The van der Waals surface area contributed by atoms with Gasteiger partial charge in [0.15, 0.2) is 0 Å². The molecule has 2 aromatic heterocycles. The molecule has 0 aliphatic carbocycles. The average Bonchev–Trinajstić information content (AvgIpc) is 2.85. The highest BCUT2D eigenvalue weighted by Crippen LogP contribution is 2.27. The summed E-state index contributed by atoms with van der Waals surface area (Å²) >= 11 is 1.56. The van der Waals surface area contributed by atoms with E-state index in [1.807, 2.05) is 30.8 Å². The third-order valence-electron chi connectivity index (χ3n) is 2.84. The molecule has 0 bridgehead atoms. The number of nitrogens with zero attached hydrogens (tertiary/aromatic N) is 3. The lowest BCUT2D eigenvalue weighted by molar-refractivity contribution is 0.179. The lowest BCUT2D eigenvalue weighted by Gasteiger charge is -2.08. The van der Waals surface area contributed by atoms with Gasteiger partial charge in [-0.3, -0.25) is 4.68 Å². The van der Waals surface area contributed by atoms with Gasteiger partial charge in [-0.25, -0.2) is 4.98 Å². The van der Waals surface area contributed by atoms with Gasteiger partial charge >= 0.3 is 0 Å². The van der Waals surface area contributed by atoms with Gasteiger partial charge in [0.1, 0.15) is 0 Å². The molecule has 0 radical (unpaired) electrons. The Balaban J connectivity index is 2.11. The van der Waals surface area contributed by atoms with Crippen LogP contribution in [0.1, 0.15) is 47.3 Å². The number of aromatic nitrogens is 3. The van der Waals surface area contributed by atoms with Gasteiger partial charge in [-0.1, -0.05) is 0 Å². The Morgan fingerprint density at radius 2 is 2.11 bits per heavy atom. The summed E-state index contributed by atoms with van der Waals surface area (Å²) < 4.78 is 1.91. The van der Waals surface area contributed by atoms with Crippen LogP contribution < -0.4 is 0 Å². The van der Waals surface area contributed by atoms with Crippen molar-refractivity contribution < 1.29 is 5.11 Å². The summed E-state index contributed by atoms with van der Waals surface area (Å²) in [7, 11) is 0. The molecule has 0 spiro atoms. The molecule has 0 aliphatic heterocycles. The van der Waals surface area contributed by atoms with E-state index in [4.69, 9.17) is 0 Å². The van der Waals surface area contributed by atoms with Crippen LogP contribution in [0, 0.1) is 13.8 Å². The number of hydrogen-bond acceptors (Lipinski definition) is 4. The van der Waals surface area contributed by atoms with Crippen LogP contribution in [0.3, 0.4) is 0 Å². The van der Waals surface area contributed by atoms with Gasteiger partial charge in [-0.15, -0.1) is 11.3 Å². The van der Waals surface area contributed by atoms with Gasteiger partial charge in [-0.2, -0.15) is 5.10 Å². The van der Waals surface area contributed by atoms with E-state index in [0.29, 0.717) is 12.5 Å². The largest absolute Gasteiger partial charge is 0.387 e. The predicted molar refractivity (Wildman–Crippen MR) is 72.9 cm³/mol. The summed E-state index contributed by atoms with van der Waals surface area (Å²) in [5, 5.41) is 15.7. The summed E-state index contributed by atoms with van der Waals surface area (Å²) in [4.78, 5) is 5.29. The molecular weight excluding hydrogens is 246 g/mol. The summed E-state index contributed by atoms with van der Waals surface area (Å²) in [6.45, 7) is 8.07. The molecule has 1 atom stereocenters. The van der Waals surface area contributed by atoms with Gasteiger partial charge in [0, 0.05) is 18.7 Å². The van der Waals surface area contributed by atoms with Gasteiger partial charge in [0.05, 0.1) is 27.4 Å². The van der Waals surface area contributed by atoms with Crippen LogP contribution in [0.25, 0.3) is 0 Å². The van der Waals surface area contributed by atoms with Crippen LogP contribution >= 0.6 is 11.3 Å². The number of aliphatic hydroxyl groups excluding tert-OH is 1. The number of rotatable bonds is 4. The maximum atomic E-state index is 10.2. The first kappa shape index (κ1) is 13.2. The summed E-state index contributed by atoms with van der Waals surface area (Å²) in [6.07, 6.45) is 1.99. The van der Waals surface area contributed by atoms with Crippen molar-refractivity contribution >= 4 is 11.3 Å². The Labute approximate surface area is 111 Å². The molecule has 0 amide bonds. The molecule has 2 heterocycles. The predicted octanol–water partition coefficient (Wildman–Crippen LogP) is 2.81. The lowest BCUT2D eigenvalue weighted by Crippen LogP contribution is -2.05. The molecule has 0 aromatic carbocycles. The molecule has 18 heavy (non-hydrogen) atoms. The highest BCUT2D eigenvalue weighted by atomic mass is 32.1. The van der Waals surface area contributed by atoms with Crippen molar-refractivity contribution in [3.63, 3.8) is 0 Å². The van der Waals surface area contributed by atoms with Crippen LogP contribution in [0.2, 0.25) is 0 Å². The molecule has 2 aromatic rings. The first-order valence-electron chi connectivity index (χ1n) is 6.13. The van der Waals surface area contributed by atoms with Gasteiger partial charge < -0.3 is 5.11 Å². The first-order chi connectivity index (χ1) is 8.47. The fraction of sp³-hybridized carbons (Fsp3) is 0.538. The minimum atomic E-state index is -0.508. The Morgan fingerprint density at radius 3 is 2.61 bits per heavy atom. The minimum Gasteiger partial charge on any atom is -0.387 e. The summed E-state index contributed by atoms with van der Waals surface area (Å²) in [5.41, 5.74) is 1.84. The third-order valence-corrected chi connectivity index (χ3v) is 4.01. The zero-order valence-electron chi connectivity index (χ0n) is 11.2. The van der Waals surface area contributed by atoms with E-state index in [0.717, 1.165) is 21.3 Å². The standard InChI is InChI=1S/C13H19N3OS/c1-8(2)16-6-5-11(15-16)7-12(17)13-9(3)14-10(4)18-13/h5-6,8,12,17H,7H2,1-4H3. The average molecular weight is 265 g/mol. The minimum absolute atomic E-state index is 0.350. The van der Waals surface area contributed by atoms with Crippen molar-refractivity contribution in [3.05, 3.63) is 33.5 Å². The molecule has 0 saturated heterocycles. The third kappa shape index (κ3) is 2.79. The summed E-state index contributed by atoms with van der Waals surface area (Å²) in [6, 6.07) is 2.31. The molecule has 5 heteroatoms. The van der Waals surface area contributed by atoms with Crippen LogP contribution in [0.5, 0.6) is 0 Å². The molecule has 1 unspecified atom stereocenters. The highest BCUT2D eigenvalue weighted by Gasteiger charge is 2.16. The fourth-order valence-electron chi connectivity index (χ4n) is 1.92. The van der Waals surface area contributed by atoms with E-state index < -0.39 is 6.10 Å². The van der Waals surface area contributed by atoms with Crippen molar-refractivity contribution in [2.45, 2.75) is 46.3 Å². The summed E-state index contributed by atoms with van der Waals surface area (Å²) in [5.74, 6) is 0. The van der Waals surface area contributed by atoms with E-state index in [1.165, 1.54) is 0 Å². The normalized spacial score (nSPS) is 13.2. The molecule has 0 aliphatic rings. The molecule has 0 fully saturated rings. The number of thiazole rings is 1. The van der Waals surface area contributed by atoms with Crippen LogP contribution in [0.4, 0.5) is 0 Å². The maximum Gasteiger partial charge on any atom is 0.0956 e. The smallest absolute Gasteiger partial charge is 0.0956 e. The Morgan fingerprint density at radius 1 is 1.39 bits per heavy atom. The maximum absolute atomic E-state index is 10.2. The zero-order chi connectivity index (χ0) is 13.3. The quantitative estimate of drug-likeness (QED) is 0.924. The van der Waals surface area contributed by atoms with Crippen molar-refractivity contribution in [1.82, 2.24) is 14.8 Å². The van der Waals surface area contributed by atoms with E-state index in [-0.39, 0.29) is 0 Å². The number of aryl methyl sites for hydroxylation is 2. The van der Waals surface area contributed by atoms with Gasteiger partial charge in [0.25, 0.3) is 0 Å². The second kappa shape index (κ2) is 5.20. The second-order valence-corrected chi connectivity index (χ2v) is 6.02. The van der Waals surface area contributed by atoms with Crippen molar-refractivity contribution in [2.24, 2.45) is 0 Å². The molecular formula is C13H19N3OS. The Hall–Kier alpha value is -1.20. The van der Waals surface area contributed by atoms with Crippen LogP contribution in [-0.2, 0) is 6.42 Å². The first-order valence-corrected chi connectivity index (χ1v) is 6.95. The van der Waals surface area contributed by atoms with E-state index in [2.05, 4.69) is 23.9 Å². The van der Waals surface area contributed by atoms with Gasteiger partial charge in [0.2, 0.25) is 0 Å². The van der Waals surface area contributed by atoms with Crippen molar-refractivity contribution in [3.8, 4) is 0 Å². The van der Waals surface area contributed by atoms with Crippen LogP contribution in [0.15, 0.2) is 12.3 Å². The molecule has 4 nitrogen and oxygen atoms in total. The van der Waals surface area contributed by atoms with Crippen molar-refractivity contribution in [1.29, 1.82) is 0 Å². The molecule has 1 N–H and O–H groups in total. The highest BCUT2D eigenvalue weighted by molar-refractivity contribution is 7.11. The molecule has 2 rings (SSSR count). The SMILES string of the molecule is Cc1nc(C)c(C(O)Cc2ccn(C(C)C)n2)s1. The monoisotopic (exact) mass is 265 g/mol. The fourth-order valence-corrected chi connectivity index (χ4v) is 2.83. The Bertz CT molecular complexity index is 530. The second-order valence-electron chi connectivity index (χ2n) is 4.78. The zero-order valence-corrected chi connectivity index (χ0v) is 12.0. The number of aliphatic hydroxyl groups is 1. The number of hydrogen-bond donors (Lipinski definition) is 1. The lowest BCUT2D eigenvalue weighted by atomic mass is 10.1. The van der Waals surface area contributed by atoms with Crippen molar-refractivity contribution in [2.75, 3.05) is 0 Å². The van der Waals surface area contributed by atoms with Gasteiger partial charge in [-0.05, 0) is 33.8 Å². The van der Waals surface area contributed by atoms with Crippen LogP contribution in [-0.4, -0.2) is 19.9 Å². The molecule has 98 valence electrons.